The molecule has 3 N–H and O–H groups in total. The Hall–Kier alpha value is -1.28. The molecular weight excluding hydrogens is 364 g/mol. The van der Waals surface area contributed by atoms with E-state index in [0.717, 1.165) is 24.5 Å². The first-order chi connectivity index (χ1) is 13.1. The highest BCUT2D eigenvalue weighted by Gasteiger charge is 2.44. The van der Waals surface area contributed by atoms with E-state index in [1.165, 1.54) is 32.1 Å². The number of nitrogens with one attached hydrogen (secondary N) is 3. The van der Waals surface area contributed by atoms with Gasteiger partial charge in [-0.2, -0.15) is 0 Å². The maximum absolute atomic E-state index is 12.9. The van der Waals surface area contributed by atoms with E-state index in [0.29, 0.717) is 18.9 Å². The van der Waals surface area contributed by atoms with Gasteiger partial charge in [0, 0.05) is 24.2 Å². The second kappa shape index (κ2) is 8.39. The third-order valence-electron chi connectivity index (χ3n) is 6.48. The lowest BCUT2D eigenvalue weighted by Gasteiger charge is -2.45. The lowest BCUT2D eigenvalue weighted by molar-refractivity contribution is -0.152. The number of amides is 3. The molecule has 8 heteroatoms. The number of piperazine rings is 1. The van der Waals surface area contributed by atoms with Crippen LogP contribution in [0.5, 0.6) is 0 Å². The second-order valence-corrected chi connectivity index (χ2v) is 9.38. The highest BCUT2D eigenvalue weighted by molar-refractivity contribution is 7.99. The Morgan fingerprint density at radius 1 is 1.19 bits per heavy atom. The molecule has 1 aliphatic carbocycles. The monoisotopic (exact) mass is 394 g/mol. The van der Waals surface area contributed by atoms with Gasteiger partial charge in [0.05, 0.1) is 6.04 Å². The Morgan fingerprint density at radius 3 is 2.74 bits per heavy atom. The molecule has 0 unspecified atom stereocenters. The first kappa shape index (κ1) is 19.1. The smallest absolute Gasteiger partial charge is 0.245 e. The third kappa shape index (κ3) is 4.26. The van der Waals surface area contributed by atoms with Crippen LogP contribution in [0.15, 0.2) is 0 Å². The van der Waals surface area contributed by atoms with Gasteiger partial charge in [-0.15, -0.1) is 11.8 Å². The van der Waals surface area contributed by atoms with Crippen molar-refractivity contribution in [2.75, 3.05) is 18.2 Å². The molecule has 7 nitrogen and oxygen atoms in total. The van der Waals surface area contributed by atoms with Crippen LogP contribution in [0.25, 0.3) is 0 Å². The van der Waals surface area contributed by atoms with Crippen LogP contribution in [0.4, 0.5) is 0 Å². The van der Waals surface area contributed by atoms with Crippen molar-refractivity contribution in [1.82, 2.24) is 20.9 Å². The zero-order valence-corrected chi connectivity index (χ0v) is 16.6. The summed E-state index contributed by atoms with van der Waals surface area (Å²) in [6, 6.07) is -0.984. The van der Waals surface area contributed by atoms with E-state index in [4.69, 9.17) is 0 Å². The number of nitrogens with zero attached hydrogens (tertiary/aromatic N) is 1. The minimum Gasteiger partial charge on any atom is -0.352 e. The van der Waals surface area contributed by atoms with Gasteiger partial charge in [0.1, 0.15) is 12.1 Å². The van der Waals surface area contributed by atoms with Gasteiger partial charge in [0.25, 0.3) is 0 Å². The number of fused-ring (bicyclic) bond motifs is 1. The Balaban J connectivity index is 1.33. The van der Waals surface area contributed by atoms with Crippen molar-refractivity contribution in [1.29, 1.82) is 0 Å². The van der Waals surface area contributed by atoms with E-state index in [1.54, 1.807) is 16.7 Å². The van der Waals surface area contributed by atoms with Crippen molar-refractivity contribution in [3.05, 3.63) is 0 Å². The first-order valence-corrected chi connectivity index (χ1v) is 11.5. The molecule has 0 aromatic rings. The van der Waals surface area contributed by atoms with Crippen LogP contribution in [0.1, 0.15) is 51.4 Å². The number of thioether (sulfide) groups is 1. The SMILES string of the molecule is O=C(N[C@H]1CCN2C(=O)[C@H](CC3CCCCC3)NC(=O)[C@@H]2C1)[C@@H]1CSCN1. The predicted octanol–water partition coefficient (Wildman–Crippen LogP) is 0.594. The second-order valence-electron chi connectivity index (χ2n) is 8.35. The van der Waals surface area contributed by atoms with E-state index < -0.39 is 6.04 Å². The van der Waals surface area contributed by atoms with Gasteiger partial charge in [0.2, 0.25) is 17.7 Å². The molecule has 4 aliphatic rings. The number of hydrogen-bond acceptors (Lipinski definition) is 5. The van der Waals surface area contributed by atoms with Crippen molar-refractivity contribution in [3.8, 4) is 0 Å². The van der Waals surface area contributed by atoms with Crippen LogP contribution in [-0.4, -0.2) is 65.0 Å². The molecule has 4 rings (SSSR count). The quantitative estimate of drug-likeness (QED) is 0.649. The number of hydrogen-bond donors (Lipinski definition) is 3. The molecule has 0 aromatic heterocycles. The first-order valence-electron chi connectivity index (χ1n) is 10.3. The summed E-state index contributed by atoms with van der Waals surface area (Å²) in [5.41, 5.74) is 0. The maximum Gasteiger partial charge on any atom is 0.245 e. The summed E-state index contributed by atoms with van der Waals surface area (Å²) in [7, 11) is 0. The van der Waals surface area contributed by atoms with E-state index in [-0.39, 0.29) is 35.8 Å². The molecule has 0 bridgehead atoms. The fraction of sp³-hybridized carbons (Fsp3) is 0.842. The molecule has 4 fully saturated rings. The Kier molecular flexibility index (Phi) is 5.92. The minimum absolute atomic E-state index is 0.0103. The zero-order valence-electron chi connectivity index (χ0n) is 15.7. The molecule has 0 spiro atoms. The largest absolute Gasteiger partial charge is 0.352 e. The summed E-state index contributed by atoms with van der Waals surface area (Å²) in [5.74, 6) is 2.18. The van der Waals surface area contributed by atoms with Gasteiger partial charge < -0.3 is 15.5 Å². The Bertz CT molecular complexity index is 590. The molecule has 27 heavy (non-hydrogen) atoms. The standard InChI is InChI=1S/C19H30N4O3S/c24-17(15-10-27-11-20-15)21-13-6-7-23-16(9-13)18(25)22-14(19(23)26)8-12-4-2-1-3-5-12/h12-16,20H,1-11H2,(H,21,24)(H,22,25)/t13-,14-,15-,16-/m0/s1. The van der Waals surface area contributed by atoms with Gasteiger partial charge in [0.15, 0.2) is 0 Å². The van der Waals surface area contributed by atoms with Crippen LogP contribution in [0.2, 0.25) is 0 Å². The van der Waals surface area contributed by atoms with Crippen LogP contribution < -0.4 is 16.0 Å². The molecular formula is C19H30N4O3S. The van der Waals surface area contributed by atoms with Gasteiger partial charge in [-0.25, -0.2) is 0 Å². The lowest BCUT2D eigenvalue weighted by atomic mass is 9.83. The maximum atomic E-state index is 12.9. The van der Waals surface area contributed by atoms with Crippen molar-refractivity contribution >= 4 is 29.5 Å². The molecule has 1 saturated carbocycles. The van der Waals surface area contributed by atoms with Crippen LogP contribution in [0.3, 0.4) is 0 Å². The average Bonchev–Trinajstić information content (AvgIpc) is 3.22. The van der Waals surface area contributed by atoms with Gasteiger partial charge in [-0.1, -0.05) is 32.1 Å². The highest BCUT2D eigenvalue weighted by Crippen LogP contribution is 2.30. The van der Waals surface area contributed by atoms with E-state index in [2.05, 4.69) is 16.0 Å². The van der Waals surface area contributed by atoms with Crippen LogP contribution in [0, 0.1) is 5.92 Å². The Morgan fingerprint density at radius 2 is 2.00 bits per heavy atom. The van der Waals surface area contributed by atoms with Crippen LogP contribution in [-0.2, 0) is 14.4 Å². The molecule has 0 aromatic carbocycles. The summed E-state index contributed by atoms with van der Waals surface area (Å²) in [5, 5.41) is 9.23. The lowest BCUT2D eigenvalue weighted by Crippen LogP contribution is -2.67. The topological polar surface area (TPSA) is 90.5 Å². The summed E-state index contributed by atoms with van der Waals surface area (Å²) < 4.78 is 0. The number of carbonyl (C=O) groups excluding carboxylic acids is 3. The molecule has 3 aliphatic heterocycles. The fourth-order valence-corrected chi connectivity index (χ4v) is 5.86. The van der Waals surface area contributed by atoms with Crippen molar-refractivity contribution in [2.24, 2.45) is 5.92 Å². The van der Waals surface area contributed by atoms with Crippen molar-refractivity contribution in [2.45, 2.75) is 75.5 Å². The molecule has 3 amide bonds. The van der Waals surface area contributed by atoms with E-state index in [1.807, 2.05) is 0 Å². The third-order valence-corrected chi connectivity index (χ3v) is 7.42. The van der Waals surface area contributed by atoms with Crippen molar-refractivity contribution < 1.29 is 14.4 Å². The molecule has 150 valence electrons. The minimum atomic E-state index is -0.440. The predicted molar refractivity (Wildman–Crippen MR) is 104 cm³/mol. The molecule has 3 heterocycles. The van der Waals surface area contributed by atoms with Gasteiger partial charge in [-0.05, 0) is 25.2 Å². The zero-order chi connectivity index (χ0) is 18.8. The molecule has 3 saturated heterocycles. The van der Waals surface area contributed by atoms with E-state index >= 15 is 0 Å². The van der Waals surface area contributed by atoms with Crippen molar-refractivity contribution in [3.63, 3.8) is 0 Å². The fourth-order valence-electron chi connectivity index (χ4n) is 4.92. The summed E-state index contributed by atoms with van der Waals surface area (Å²) in [6.45, 7) is 0.551. The number of piperidine rings is 1. The average molecular weight is 395 g/mol. The summed E-state index contributed by atoms with van der Waals surface area (Å²) >= 11 is 1.72. The Labute approximate surface area is 164 Å². The van der Waals surface area contributed by atoms with Gasteiger partial charge in [-0.3, -0.25) is 19.7 Å². The summed E-state index contributed by atoms with van der Waals surface area (Å²) in [4.78, 5) is 39.7. The normalized spacial score (nSPS) is 34.9. The highest BCUT2D eigenvalue weighted by atomic mass is 32.2. The number of carbonyl (C=O) groups is 3. The summed E-state index contributed by atoms with van der Waals surface area (Å²) in [6.07, 6.45) is 8.12. The number of rotatable bonds is 4. The van der Waals surface area contributed by atoms with Crippen LogP contribution >= 0.6 is 11.8 Å². The molecule has 4 atom stereocenters. The van der Waals surface area contributed by atoms with E-state index in [9.17, 15) is 14.4 Å². The van der Waals surface area contributed by atoms with Gasteiger partial charge >= 0.3 is 0 Å². The molecule has 0 radical (unpaired) electrons.